The molecule has 0 bridgehead atoms. The molecule has 5 heteroatoms. The molecule has 0 spiro atoms. The Morgan fingerprint density at radius 3 is 2.75 bits per heavy atom. The van der Waals surface area contributed by atoms with Crippen molar-refractivity contribution in [2.45, 2.75) is 32.9 Å². The van der Waals surface area contributed by atoms with Crippen LogP contribution in [0.2, 0.25) is 0 Å². The molecule has 0 fully saturated rings. The molecule has 0 aliphatic rings. The summed E-state index contributed by atoms with van der Waals surface area (Å²) in [5.41, 5.74) is 6.88. The number of hydrogen-bond donors (Lipinski definition) is 2. The van der Waals surface area contributed by atoms with Crippen molar-refractivity contribution in [3.8, 4) is 0 Å². The van der Waals surface area contributed by atoms with Crippen LogP contribution in [0.25, 0.3) is 0 Å². The molecule has 1 aromatic rings. The number of nitrogen functional groups attached to an aromatic ring is 1. The average molecular weight is 281 g/mol. The molecule has 1 aromatic carbocycles. The van der Waals surface area contributed by atoms with Crippen LogP contribution >= 0.6 is 0 Å². The first kappa shape index (κ1) is 16.6. The van der Waals surface area contributed by atoms with Crippen LogP contribution in [0.15, 0.2) is 18.2 Å². The standard InChI is InChI=1S/C15H24FN3O/c1-4-11(2)19(7-8-20-3)10-12-5-6-13(16)9-14(12)15(17)18/h5-6,9,11H,4,7-8,10H2,1-3H3,(H3,17,18). The van der Waals surface area contributed by atoms with Crippen LogP contribution in [0, 0.1) is 11.2 Å². The Labute approximate surface area is 120 Å². The highest BCUT2D eigenvalue weighted by atomic mass is 19.1. The summed E-state index contributed by atoms with van der Waals surface area (Å²) in [7, 11) is 1.67. The molecular weight excluding hydrogens is 257 g/mol. The minimum atomic E-state index is -0.370. The Balaban J connectivity index is 2.95. The summed E-state index contributed by atoms with van der Waals surface area (Å²) in [6.07, 6.45) is 1.01. The smallest absolute Gasteiger partial charge is 0.123 e. The number of nitrogens with two attached hydrogens (primary N) is 1. The normalized spacial score (nSPS) is 12.7. The molecule has 0 radical (unpaired) electrons. The molecule has 0 aliphatic heterocycles. The van der Waals surface area contributed by atoms with E-state index in [0.717, 1.165) is 18.5 Å². The van der Waals surface area contributed by atoms with Gasteiger partial charge in [0.2, 0.25) is 0 Å². The third-order valence-electron chi connectivity index (χ3n) is 3.53. The average Bonchev–Trinajstić information content (AvgIpc) is 2.43. The van der Waals surface area contributed by atoms with E-state index in [1.54, 1.807) is 13.2 Å². The summed E-state index contributed by atoms with van der Waals surface area (Å²) < 4.78 is 18.4. The molecule has 20 heavy (non-hydrogen) atoms. The van der Waals surface area contributed by atoms with Gasteiger partial charge in [0, 0.05) is 31.8 Å². The van der Waals surface area contributed by atoms with E-state index in [2.05, 4.69) is 18.7 Å². The van der Waals surface area contributed by atoms with Crippen molar-refractivity contribution < 1.29 is 9.13 Å². The summed E-state index contributed by atoms with van der Waals surface area (Å²) in [6.45, 7) is 6.34. The van der Waals surface area contributed by atoms with Gasteiger partial charge in [-0.05, 0) is 31.0 Å². The van der Waals surface area contributed by atoms with Crippen LogP contribution in [-0.4, -0.2) is 37.0 Å². The third-order valence-corrected chi connectivity index (χ3v) is 3.53. The summed E-state index contributed by atoms with van der Waals surface area (Å²) in [6, 6.07) is 4.82. The Hall–Kier alpha value is -1.46. The number of rotatable bonds is 8. The van der Waals surface area contributed by atoms with Gasteiger partial charge in [-0.2, -0.15) is 0 Å². The van der Waals surface area contributed by atoms with E-state index < -0.39 is 0 Å². The van der Waals surface area contributed by atoms with Gasteiger partial charge in [0.15, 0.2) is 0 Å². The number of hydrogen-bond acceptors (Lipinski definition) is 3. The zero-order valence-corrected chi connectivity index (χ0v) is 12.4. The minimum absolute atomic E-state index is 0.102. The highest BCUT2D eigenvalue weighted by Crippen LogP contribution is 2.16. The molecule has 3 N–H and O–H groups in total. The van der Waals surface area contributed by atoms with Gasteiger partial charge in [0.25, 0.3) is 0 Å². The van der Waals surface area contributed by atoms with Crippen molar-refractivity contribution in [1.82, 2.24) is 4.90 Å². The van der Waals surface area contributed by atoms with E-state index in [1.807, 2.05) is 0 Å². The first-order chi connectivity index (χ1) is 9.49. The monoisotopic (exact) mass is 281 g/mol. The van der Waals surface area contributed by atoms with E-state index in [4.69, 9.17) is 15.9 Å². The second kappa shape index (κ2) is 7.97. The summed E-state index contributed by atoms with van der Waals surface area (Å²) in [5, 5.41) is 7.58. The van der Waals surface area contributed by atoms with Crippen molar-refractivity contribution in [3.63, 3.8) is 0 Å². The van der Waals surface area contributed by atoms with Gasteiger partial charge in [-0.1, -0.05) is 13.0 Å². The van der Waals surface area contributed by atoms with Crippen LogP contribution in [0.1, 0.15) is 31.4 Å². The second-order valence-electron chi connectivity index (χ2n) is 4.94. The predicted octanol–water partition coefficient (Wildman–Crippen LogP) is 2.36. The summed E-state index contributed by atoms with van der Waals surface area (Å²) >= 11 is 0. The Kier molecular flexibility index (Phi) is 6.61. The molecule has 1 rings (SSSR count). The number of ether oxygens (including phenoxy) is 1. The van der Waals surface area contributed by atoms with Crippen LogP contribution in [0.5, 0.6) is 0 Å². The molecule has 1 atom stereocenters. The number of halogens is 1. The van der Waals surface area contributed by atoms with Gasteiger partial charge >= 0.3 is 0 Å². The van der Waals surface area contributed by atoms with Crippen molar-refractivity contribution in [2.24, 2.45) is 5.73 Å². The fourth-order valence-electron chi connectivity index (χ4n) is 2.08. The number of nitrogens with zero attached hydrogens (tertiary/aromatic N) is 1. The van der Waals surface area contributed by atoms with E-state index in [0.29, 0.717) is 24.8 Å². The third kappa shape index (κ3) is 4.58. The van der Waals surface area contributed by atoms with Crippen LogP contribution in [0.3, 0.4) is 0 Å². The van der Waals surface area contributed by atoms with E-state index in [9.17, 15) is 4.39 Å². The Morgan fingerprint density at radius 2 is 2.20 bits per heavy atom. The van der Waals surface area contributed by atoms with E-state index in [-0.39, 0.29) is 11.7 Å². The predicted molar refractivity (Wildman–Crippen MR) is 79.5 cm³/mol. The lowest BCUT2D eigenvalue weighted by Gasteiger charge is -2.29. The highest BCUT2D eigenvalue weighted by Gasteiger charge is 2.15. The fourth-order valence-corrected chi connectivity index (χ4v) is 2.08. The molecule has 112 valence electrons. The maximum Gasteiger partial charge on any atom is 0.123 e. The Bertz CT molecular complexity index is 451. The van der Waals surface area contributed by atoms with E-state index >= 15 is 0 Å². The van der Waals surface area contributed by atoms with Crippen molar-refractivity contribution >= 4 is 5.84 Å². The van der Waals surface area contributed by atoms with Crippen LogP contribution in [-0.2, 0) is 11.3 Å². The molecule has 4 nitrogen and oxygen atoms in total. The lowest BCUT2D eigenvalue weighted by Crippen LogP contribution is -2.35. The Morgan fingerprint density at radius 1 is 1.50 bits per heavy atom. The maximum atomic E-state index is 13.3. The number of nitrogens with one attached hydrogen (secondary N) is 1. The zero-order chi connectivity index (χ0) is 15.1. The van der Waals surface area contributed by atoms with Gasteiger partial charge in [-0.25, -0.2) is 4.39 Å². The molecule has 1 unspecified atom stereocenters. The summed E-state index contributed by atoms with van der Waals surface area (Å²) in [5.74, 6) is -0.471. The van der Waals surface area contributed by atoms with Gasteiger partial charge < -0.3 is 10.5 Å². The van der Waals surface area contributed by atoms with Crippen molar-refractivity contribution in [1.29, 1.82) is 5.41 Å². The number of benzene rings is 1. The number of amidine groups is 1. The molecule has 0 saturated carbocycles. The number of methoxy groups -OCH3 is 1. The highest BCUT2D eigenvalue weighted by molar-refractivity contribution is 5.96. The fraction of sp³-hybridized carbons (Fsp3) is 0.533. The quantitative estimate of drug-likeness (QED) is 0.568. The molecule has 0 aliphatic carbocycles. The molecule has 0 heterocycles. The molecule has 0 aromatic heterocycles. The first-order valence-electron chi connectivity index (χ1n) is 6.85. The summed E-state index contributed by atoms with van der Waals surface area (Å²) in [4.78, 5) is 2.25. The zero-order valence-electron chi connectivity index (χ0n) is 12.4. The van der Waals surface area contributed by atoms with E-state index in [1.165, 1.54) is 12.1 Å². The maximum absolute atomic E-state index is 13.3. The van der Waals surface area contributed by atoms with Crippen molar-refractivity contribution in [2.75, 3.05) is 20.3 Å². The molecule has 0 saturated heterocycles. The molecular formula is C15H24FN3O. The lowest BCUT2D eigenvalue weighted by atomic mass is 10.0. The topological polar surface area (TPSA) is 62.3 Å². The van der Waals surface area contributed by atoms with Gasteiger partial charge in [-0.15, -0.1) is 0 Å². The van der Waals surface area contributed by atoms with Gasteiger partial charge in [0.05, 0.1) is 6.61 Å². The lowest BCUT2D eigenvalue weighted by molar-refractivity contribution is 0.118. The van der Waals surface area contributed by atoms with Crippen LogP contribution in [0.4, 0.5) is 4.39 Å². The second-order valence-corrected chi connectivity index (χ2v) is 4.94. The first-order valence-corrected chi connectivity index (χ1v) is 6.85. The van der Waals surface area contributed by atoms with Gasteiger partial charge in [-0.3, -0.25) is 10.3 Å². The van der Waals surface area contributed by atoms with Gasteiger partial charge in [0.1, 0.15) is 11.7 Å². The minimum Gasteiger partial charge on any atom is -0.384 e. The molecule has 0 amide bonds. The van der Waals surface area contributed by atoms with Crippen LogP contribution < -0.4 is 5.73 Å². The van der Waals surface area contributed by atoms with Crippen molar-refractivity contribution in [3.05, 3.63) is 35.1 Å². The SMILES string of the molecule is CCC(C)N(CCOC)Cc1ccc(F)cc1C(=N)N. The largest absolute Gasteiger partial charge is 0.384 e.